The lowest BCUT2D eigenvalue weighted by atomic mass is 9.90. The van der Waals surface area contributed by atoms with E-state index in [1.54, 1.807) is 0 Å². The molecule has 2 aliphatic heterocycles. The molecular weight excluding hydrogens is 472 g/mol. The highest BCUT2D eigenvalue weighted by atomic mass is 19.4. The Balaban J connectivity index is 1.65. The Kier molecular flexibility index (Phi) is 7.42. The largest absolute Gasteiger partial charge is 0.416 e. The Morgan fingerprint density at radius 3 is 2.06 bits per heavy atom. The summed E-state index contributed by atoms with van der Waals surface area (Å²) in [5, 5.41) is 3.30. The van der Waals surface area contributed by atoms with Gasteiger partial charge in [0.15, 0.2) is 0 Å². The zero-order chi connectivity index (χ0) is 25.2. The summed E-state index contributed by atoms with van der Waals surface area (Å²) in [5.74, 6) is -0.804. The first-order valence-corrected chi connectivity index (χ1v) is 11.6. The van der Waals surface area contributed by atoms with Gasteiger partial charge in [-0.3, -0.25) is 9.69 Å². The number of hydrogen-bond donors (Lipinski definition) is 1. The second kappa shape index (κ2) is 10.2. The molecule has 35 heavy (non-hydrogen) atoms. The molecule has 2 aromatic carbocycles. The van der Waals surface area contributed by atoms with E-state index in [0.717, 1.165) is 31.7 Å². The first-order valence-electron chi connectivity index (χ1n) is 11.6. The van der Waals surface area contributed by atoms with Gasteiger partial charge in [-0.15, -0.1) is 0 Å². The van der Waals surface area contributed by atoms with Gasteiger partial charge >= 0.3 is 12.4 Å². The molecule has 4 nitrogen and oxygen atoms in total. The number of benzene rings is 2. The van der Waals surface area contributed by atoms with Crippen LogP contribution < -0.4 is 5.32 Å². The lowest BCUT2D eigenvalue weighted by molar-refractivity contribution is -0.143. The van der Waals surface area contributed by atoms with E-state index >= 15 is 0 Å². The summed E-state index contributed by atoms with van der Waals surface area (Å²) < 4.78 is 80.2. The second-order valence-corrected chi connectivity index (χ2v) is 9.10. The van der Waals surface area contributed by atoms with E-state index < -0.39 is 35.0 Å². The van der Waals surface area contributed by atoms with Crippen molar-refractivity contribution in [2.45, 2.75) is 43.7 Å². The van der Waals surface area contributed by atoms with Gasteiger partial charge in [-0.05, 0) is 43.0 Å². The van der Waals surface area contributed by atoms with E-state index in [-0.39, 0.29) is 24.7 Å². The number of carbonyl (C=O) groups is 1. The summed E-state index contributed by atoms with van der Waals surface area (Å²) in [7, 11) is 0. The van der Waals surface area contributed by atoms with Crippen LogP contribution in [0.3, 0.4) is 0 Å². The van der Waals surface area contributed by atoms with Crippen LogP contribution in [-0.2, 0) is 18.8 Å². The lowest BCUT2D eigenvalue weighted by Crippen LogP contribution is -2.56. The van der Waals surface area contributed by atoms with E-state index in [1.165, 1.54) is 4.90 Å². The smallest absolute Gasteiger partial charge is 0.335 e. The van der Waals surface area contributed by atoms with Crippen molar-refractivity contribution in [2.75, 3.05) is 32.7 Å². The molecule has 1 N–H and O–H groups in total. The topological polar surface area (TPSA) is 35.6 Å². The van der Waals surface area contributed by atoms with Crippen LogP contribution in [0.25, 0.3) is 0 Å². The summed E-state index contributed by atoms with van der Waals surface area (Å²) in [4.78, 5) is 17.2. The van der Waals surface area contributed by atoms with Crippen LogP contribution in [0.1, 0.15) is 39.9 Å². The van der Waals surface area contributed by atoms with Crippen LogP contribution in [-0.4, -0.2) is 60.5 Å². The number of alkyl halides is 6. The number of carbonyl (C=O) groups excluding carboxylic acids is 1. The van der Waals surface area contributed by atoms with Crippen LogP contribution in [0, 0.1) is 0 Å². The third kappa shape index (κ3) is 6.16. The van der Waals surface area contributed by atoms with Gasteiger partial charge in [0, 0.05) is 50.4 Å². The molecule has 0 bridgehead atoms. The fourth-order valence-corrected chi connectivity index (χ4v) is 5.00. The Morgan fingerprint density at radius 2 is 1.49 bits per heavy atom. The van der Waals surface area contributed by atoms with Gasteiger partial charge < -0.3 is 10.2 Å². The van der Waals surface area contributed by atoms with Gasteiger partial charge in [-0.1, -0.05) is 30.3 Å². The zero-order valence-electron chi connectivity index (χ0n) is 19.0. The number of nitrogens with zero attached hydrogens (tertiary/aromatic N) is 2. The highest BCUT2D eigenvalue weighted by Gasteiger charge is 2.40. The van der Waals surface area contributed by atoms with Crippen molar-refractivity contribution in [3.05, 3.63) is 70.8 Å². The van der Waals surface area contributed by atoms with Crippen LogP contribution in [0.15, 0.2) is 48.5 Å². The van der Waals surface area contributed by atoms with E-state index in [2.05, 4.69) is 10.2 Å². The van der Waals surface area contributed by atoms with Gasteiger partial charge in [-0.25, -0.2) is 0 Å². The molecule has 2 fully saturated rings. The molecule has 0 saturated carbocycles. The monoisotopic (exact) mass is 499 g/mol. The Labute approximate surface area is 199 Å². The van der Waals surface area contributed by atoms with Crippen LogP contribution in [0.4, 0.5) is 26.3 Å². The van der Waals surface area contributed by atoms with Gasteiger partial charge in [-0.2, -0.15) is 26.3 Å². The minimum atomic E-state index is -5.00. The number of rotatable bonds is 4. The van der Waals surface area contributed by atoms with Crippen molar-refractivity contribution in [2.24, 2.45) is 0 Å². The first kappa shape index (κ1) is 25.5. The minimum Gasteiger partial charge on any atom is -0.335 e. The molecular formula is C25H27F6N3O. The molecule has 2 heterocycles. The lowest BCUT2D eigenvalue weighted by Gasteiger charge is -2.45. The number of likely N-dealkylation sites (tertiary alicyclic amines) is 1. The normalized spacial score (nSPS) is 22.3. The number of halogens is 6. The average Bonchev–Trinajstić information content (AvgIpc) is 2.83. The summed E-state index contributed by atoms with van der Waals surface area (Å²) in [5.41, 5.74) is -2.60. The molecule has 0 aliphatic carbocycles. The van der Waals surface area contributed by atoms with Gasteiger partial charge in [0.25, 0.3) is 5.91 Å². The summed E-state index contributed by atoms with van der Waals surface area (Å²) in [6.07, 6.45) is -8.32. The third-order valence-electron chi connectivity index (χ3n) is 6.77. The van der Waals surface area contributed by atoms with Crippen molar-refractivity contribution < 1.29 is 31.1 Å². The van der Waals surface area contributed by atoms with Crippen LogP contribution >= 0.6 is 0 Å². The van der Waals surface area contributed by atoms with Crippen molar-refractivity contribution >= 4 is 5.91 Å². The predicted molar refractivity (Wildman–Crippen MR) is 119 cm³/mol. The number of piperazine rings is 1. The van der Waals surface area contributed by atoms with Gasteiger partial charge in [0.05, 0.1) is 11.1 Å². The van der Waals surface area contributed by atoms with E-state index in [9.17, 15) is 31.1 Å². The highest BCUT2D eigenvalue weighted by Crippen LogP contribution is 2.37. The molecule has 1 amide bonds. The molecule has 4 rings (SSSR count). The second-order valence-electron chi connectivity index (χ2n) is 9.10. The predicted octanol–water partition coefficient (Wildman–Crippen LogP) is 4.85. The van der Waals surface area contributed by atoms with Gasteiger partial charge in [0.1, 0.15) is 0 Å². The molecule has 0 spiro atoms. The molecule has 2 saturated heterocycles. The summed E-state index contributed by atoms with van der Waals surface area (Å²) >= 11 is 0. The van der Waals surface area contributed by atoms with Crippen molar-refractivity contribution in [3.63, 3.8) is 0 Å². The molecule has 2 atom stereocenters. The zero-order valence-corrected chi connectivity index (χ0v) is 19.0. The molecule has 2 aliphatic rings. The van der Waals surface area contributed by atoms with Gasteiger partial charge in [0.2, 0.25) is 0 Å². The quantitative estimate of drug-likeness (QED) is 0.612. The van der Waals surface area contributed by atoms with E-state index in [1.807, 2.05) is 30.3 Å². The number of nitrogens with one attached hydrogen (secondary N) is 1. The van der Waals surface area contributed by atoms with Crippen molar-refractivity contribution in [3.8, 4) is 0 Å². The third-order valence-corrected chi connectivity index (χ3v) is 6.77. The highest BCUT2D eigenvalue weighted by molar-refractivity contribution is 5.95. The van der Waals surface area contributed by atoms with Crippen molar-refractivity contribution in [1.82, 2.24) is 15.1 Å². The summed E-state index contributed by atoms with van der Waals surface area (Å²) in [6.45, 7) is 3.70. The Bertz CT molecular complexity index is 986. The molecule has 1 unspecified atom stereocenters. The minimum absolute atomic E-state index is 0.0505. The van der Waals surface area contributed by atoms with E-state index in [4.69, 9.17) is 0 Å². The molecule has 10 heteroatoms. The molecule has 190 valence electrons. The van der Waals surface area contributed by atoms with Crippen LogP contribution in [0.2, 0.25) is 0 Å². The van der Waals surface area contributed by atoms with Crippen molar-refractivity contribution in [1.29, 1.82) is 0 Å². The number of piperidine rings is 1. The number of hydrogen-bond acceptors (Lipinski definition) is 3. The van der Waals surface area contributed by atoms with Crippen LogP contribution in [0.5, 0.6) is 0 Å². The first-order chi connectivity index (χ1) is 16.5. The Morgan fingerprint density at radius 1 is 0.886 bits per heavy atom. The standard InChI is InChI=1S/C25H27F6N3O/c26-24(27,28)19-13-18(14-20(15-19)25(29,30)31)23(35)34-9-6-21(33-10-7-32-8-11-33)16-22(34)12-17-4-2-1-3-5-17/h1-5,13-15,21-22,32H,6-12,16H2/t21?,22-/m1/s1. The molecule has 0 aromatic heterocycles. The fourth-order valence-electron chi connectivity index (χ4n) is 5.00. The maximum absolute atomic E-state index is 13.4. The average molecular weight is 499 g/mol. The SMILES string of the molecule is O=C(c1cc(C(F)(F)F)cc(C(F)(F)F)c1)N1CCC(N2CCNCC2)C[C@H]1Cc1ccccc1. The summed E-state index contributed by atoms with van der Waals surface area (Å²) in [6, 6.07) is 10.4. The molecule has 0 radical (unpaired) electrons. The maximum Gasteiger partial charge on any atom is 0.416 e. The van der Waals surface area contributed by atoms with E-state index in [0.29, 0.717) is 31.4 Å². The molecule has 2 aromatic rings. The maximum atomic E-state index is 13.4. The Hall–Kier alpha value is -2.59. The number of amides is 1. The fraction of sp³-hybridized carbons (Fsp3) is 0.480.